The van der Waals surface area contributed by atoms with Gasteiger partial charge >= 0.3 is 0 Å². The molecule has 106 valence electrons. The van der Waals surface area contributed by atoms with E-state index < -0.39 is 0 Å². The standard InChI is InChI=1S/C15H20Br2O2/c1-2-12(17)13-7-3-4-8-14-15(19-13)10-11(18-14)6-5-9-16/h3-4,6,9,11-15H,2,7-8,10H2,1H3/t5?,11-,12-,13+,14-,15-/m0/s1. The van der Waals surface area contributed by atoms with Crippen LogP contribution < -0.4 is 0 Å². The Hall–Kier alpha value is 0.140. The van der Waals surface area contributed by atoms with E-state index in [0.717, 1.165) is 25.7 Å². The van der Waals surface area contributed by atoms with Crippen molar-refractivity contribution >= 4 is 31.9 Å². The fourth-order valence-electron chi connectivity index (χ4n) is 2.59. The summed E-state index contributed by atoms with van der Waals surface area (Å²) in [6.07, 6.45) is 11.1. The smallest absolute Gasteiger partial charge is 0.0880 e. The molecule has 2 nitrogen and oxygen atoms in total. The maximum absolute atomic E-state index is 6.29. The lowest BCUT2D eigenvalue weighted by Crippen LogP contribution is -2.34. The molecule has 0 amide bonds. The number of alkyl halides is 1. The Labute approximate surface area is 132 Å². The maximum Gasteiger partial charge on any atom is 0.0880 e. The molecule has 2 aliphatic heterocycles. The first-order chi connectivity index (χ1) is 9.24. The van der Waals surface area contributed by atoms with Gasteiger partial charge in [-0.1, -0.05) is 50.9 Å². The van der Waals surface area contributed by atoms with Gasteiger partial charge in [0.1, 0.15) is 0 Å². The third kappa shape index (κ3) is 4.30. The van der Waals surface area contributed by atoms with E-state index in [-0.39, 0.29) is 24.4 Å². The minimum atomic E-state index is 0.117. The predicted molar refractivity (Wildman–Crippen MR) is 84.9 cm³/mol. The Bertz CT molecular complexity index is 374. The first-order valence-electron chi connectivity index (χ1n) is 6.85. The van der Waals surface area contributed by atoms with Gasteiger partial charge in [0.25, 0.3) is 0 Å². The largest absolute Gasteiger partial charge is 0.371 e. The Kier molecular flexibility index (Phi) is 6.37. The lowest BCUT2D eigenvalue weighted by Gasteiger charge is -2.28. The van der Waals surface area contributed by atoms with Gasteiger partial charge in [-0.15, -0.1) is 5.73 Å². The van der Waals surface area contributed by atoms with Crippen LogP contribution in [0.5, 0.6) is 0 Å². The van der Waals surface area contributed by atoms with Gasteiger partial charge in [0.2, 0.25) is 0 Å². The van der Waals surface area contributed by atoms with E-state index in [2.05, 4.69) is 56.7 Å². The number of hydrogen-bond donors (Lipinski definition) is 0. The topological polar surface area (TPSA) is 18.5 Å². The first kappa shape index (κ1) is 15.5. The van der Waals surface area contributed by atoms with E-state index in [1.54, 1.807) is 4.99 Å². The molecule has 0 aromatic rings. The molecule has 5 atom stereocenters. The van der Waals surface area contributed by atoms with Crippen LogP contribution in [0.1, 0.15) is 32.6 Å². The number of halogens is 2. The molecule has 1 fully saturated rings. The van der Waals surface area contributed by atoms with E-state index in [1.165, 1.54) is 0 Å². The van der Waals surface area contributed by atoms with Crippen LogP contribution in [0.25, 0.3) is 0 Å². The summed E-state index contributed by atoms with van der Waals surface area (Å²) >= 11 is 6.95. The van der Waals surface area contributed by atoms with Gasteiger partial charge in [-0.2, -0.15) is 0 Å². The van der Waals surface area contributed by atoms with Crippen molar-refractivity contribution in [1.82, 2.24) is 0 Å². The third-order valence-electron chi connectivity index (χ3n) is 3.62. The second kappa shape index (κ2) is 7.80. The molecule has 0 aromatic heterocycles. The highest BCUT2D eigenvalue weighted by Crippen LogP contribution is 2.31. The maximum atomic E-state index is 6.29. The summed E-state index contributed by atoms with van der Waals surface area (Å²) in [7, 11) is 0. The summed E-state index contributed by atoms with van der Waals surface area (Å²) < 4.78 is 12.3. The monoisotopic (exact) mass is 390 g/mol. The van der Waals surface area contributed by atoms with Gasteiger partial charge in [0.05, 0.1) is 24.4 Å². The number of hydrogen-bond acceptors (Lipinski definition) is 2. The minimum absolute atomic E-state index is 0.117. The molecule has 1 saturated heterocycles. The van der Waals surface area contributed by atoms with Crippen molar-refractivity contribution < 1.29 is 9.47 Å². The Morgan fingerprint density at radius 1 is 1.32 bits per heavy atom. The third-order valence-corrected chi connectivity index (χ3v) is 5.12. The predicted octanol–water partition coefficient (Wildman–Crippen LogP) is 4.48. The van der Waals surface area contributed by atoms with Crippen molar-refractivity contribution in [2.75, 3.05) is 0 Å². The van der Waals surface area contributed by atoms with Gasteiger partial charge < -0.3 is 9.47 Å². The average molecular weight is 392 g/mol. The molecule has 0 bridgehead atoms. The minimum Gasteiger partial charge on any atom is -0.371 e. The van der Waals surface area contributed by atoms with Gasteiger partial charge in [-0.05, 0) is 25.3 Å². The highest BCUT2D eigenvalue weighted by Gasteiger charge is 2.37. The zero-order valence-corrected chi connectivity index (χ0v) is 14.3. The van der Waals surface area contributed by atoms with Crippen molar-refractivity contribution in [3.05, 3.63) is 28.9 Å². The normalized spacial score (nSPS) is 35.7. The summed E-state index contributed by atoms with van der Waals surface area (Å²) in [6.45, 7) is 2.18. The van der Waals surface area contributed by atoms with Crippen LogP contribution in [0.3, 0.4) is 0 Å². The summed E-state index contributed by atoms with van der Waals surface area (Å²) in [6, 6.07) is 0. The zero-order valence-electron chi connectivity index (χ0n) is 11.1. The molecule has 2 heterocycles. The molecule has 19 heavy (non-hydrogen) atoms. The van der Waals surface area contributed by atoms with E-state index >= 15 is 0 Å². The summed E-state index contributed by atoms with van der Waals surface area (Å²) in [5, 5.41) is 0. The molecule has 0 aliphatic carbocycles. The van der Waals surface area contributed by atoms with Crippen molar-refractivity contribution in [3.63, 3.8) is 0 Å². The molecule has 0 radical (unpaired) electrons. The molecule has 0 aromatic carbocycles. The lowest BCUT2D eigenvalue weighted by atomic mass is 10.0. The Balaban J connectivity index is 2.04. The van der Waals surface area contributed by atoms with Gasteiger partial charge in [-0.25, -0.2) is 0 Å². The lowest BCUT2D eigenvalue weighted by molar-refractivity contribution is -0.0540. The Morgan fingerprint density at radius 2 is 2.11 bits per heavy atom. The summed E-state index contributed by atoms with van der Waals surface area (Å²) in [5.41, 5.74) is 3.04. The van der Waals surface area contributed by atoms with Gasteiger partial charge in [0, 0.05) is 16.2 Å². The van der Waals surface area contributed by atoms with Gasteiger partial charge in [-0.3, -0.25) is 0 Å². The van der Waals surface area contributed by atoms with Crippen LogP contribution in [0.4, 0.5) is 0 Å². The molecule has 0 N–H and O–H groups in total. The quantitative estimate of drug-likeness (QED) is 0.401. The second-order valence-electron chi connectivity index (χ2n) is 4.97. The van der Waals surface area contributed by atoms with Crippen LogP contribution in [0.15, 0.2) is 28.9 Å². The average Bonchev–Trinajstić information content (AvgIpc) is 2.77. The fourth-order valence-corrected chi connectivity index (χ4v) is 3.08. The van der Waals surface area contributed by atoms with E-state index in [9.17, 15) is 0 Å². The summed E-state index contributed by atoms with van der Waals surface area (Å²) in [5.74, 6) is 0. The molecule has 2 rings (SSSR count). The van der Waals surface area contributed by atoms with Crippen molar-refractivity contribution in [1.29, 1.82) is 0 Å². The van der Waals surface area contributed by atoms with Crippen LogP contribution in [0, 0.1) is 0 Å². The SMILES string of the molecule is CC[C@H](Br)[C@H]1CC=CC[C@@H]2O[C@@H](C=C=CBr)C[C@@H]2O1. The van der Waals surface area contributed by atoms with E-state index in [4.69, 9.17) is 9.47 Å². The van der Waals surface area contributed by atoms with Crippen LogP contribution in [-0.2, 0) is 9.47 Å². The highest BCUT2D eigenvalue weighted by atomic mass is 79.9. The van der Waals surface area contributed by atoms with E-state index in [0.29, 0.717) is 4.83 Å². The molecule has 0 saturated carbocycles. The highest BCUT2D eigenvalue weighted by molar-refractivity contribution is 9.11. The number of rotatable bonds is 3. The number of fused-ring (bicyclic) bond motifs is 1. The molecule has 0 spiro atoms. The van der Waals surface area contributed by atoms with Crippen LogP contribution in [0.2, 0.25) is 0 Å². The first-order valence-corrected chi connectivity index (χ1v) is 8.69. The number of ether oxygens (including phenoxy) is 2. The van der Waals surface area contributed by atoms with Crippen LogP contribution >= 0.6 is 31.9 Å². The van der Waals surface area contributed by atoms with Crippen molar-refractivity contribution in [2.45, 2.75) is 61.9 Å². The molecule has 4 heteroatoms. The molecule has 0 unspecified atom stereocenters. The Morgan fingerprint density at radius 3 is 2.84 bits per heavy atom. The fraction of sp³-hybridized carbons (Fsp3) is 0.667. The van der Waals surface area contributed by atoms with Crippen molar-refractivity contribution in [2.24, 2.45) is 0 Å². The molecular weight excluding hydrogens is 372 g/mol. The van der Waals surface area contributed by atoms with E-state index in [1.807, 2.05) is 6.08 Å². The molecular formula is C15H20Br2O2. The molecule has 2 aliphatic rings. The van der Waals surface area contributed by atoms with Crippen molar-refractivity contribution in [3.8, 4) is 0 Å². The van der Waals surface area contributed by atoms with Crippen LogP contribution in [-0.4, -0.2) is 29.2 Å². The zero-order chi connectivity index (χ0) is 13.7. The second-order valence-corrected chi connectivity index (χ2v) is 6.61. The van der Waals surface area contributed by atoms with Gasteiger partial charge in [0.15, 0.2) is 0 Å². The summed E-state index contributed by atoms with van der Waals surface area (Å²) in [4.78, 5) is 2.14.